The fourth-order valence-corrected chi connectivity index (χ4v) is 1.51. The van der Waals surface area contributed by atoms with E-state index in [1.807, 2.05) is 13.0 Å². The van der Waals surface area contributed by atoms with Crippen molar-refractivity contribution in [2.24, 2.45) is 0 Å². The Morgan fingerprint density at radius 1 is 1.44 bits per heavy atom. The van der Waals surface area contributed by atoms with Gasteiger partial charge in [0.05, 0.1) is 12.7 Å². The number of aromatic carboxylic acids is 1. The summed E-state index contributed by atoms with van der Waals surface area (Å²) in [7, 11) is 0. The number of hydrogen-bond donors (Lipinski definition) is 1. The number of aromatic nitrogens is 4. The van der Waals surface area contributed by atoms with Crippen LogP contribution < -0.4 is 5.56 Å². The maximum absolute atomic E-state index is 11.6. The van der Waals surface area contributed by atoms with Gasteiger partial charge in [0.1, 0.15) is 0 Å². The molecular formula is C11H12N4O3. The van der Waals surface area contributed by atoms with Crippen LogP contribution in [0, 0.1) is 6.92 Å². The molecule has 0 saturated carbocycles. The van der Waals surface area contributed by atoms with Gasteiger partial charge >= 0.3 is 5.97 Å². The minimum atomic E-state index is -1.12. The summed E-state index contributed by atoms with van der Waals surface area (Å²) in [6, 6.07) is 3.38. The molecule has 2 heterocycles. The largest absolute Gasteiger partial charge is 0.476 e. The normalized spacial score (nSPS) is 10.5. The van der Waals surface area contributed by atoms with E-state index >= 15 is 0 Å². The van der Waals surface area contributed by atoms with Gasteiger partial charge in [0, 0.05) is 18.8 Å². The number of rotatable bonds is 4. The van der Waals surface area contributed by atoms with E-state index in [4.69, 9.17) is 5.11 Å². The van der Waals surface area contributed by atoms with E-state index in [0.29, 0.717) is 13.1 Å². The fourth-order valence-electron chi connectivity index (χ4n) is 1.51. The van der Waals surface area contributed by atoms with Crippen molar-refractivity contribution in [1.29, 1.82) is 0 Å². The van der Waals surface area contributed by atoms with Crippen molar-refractivity contribution in [3.8, 4) is 0 Å². The second-order valence-electron chi connectivity index (χ2n) is 3.91. The first-order valence-corrected chi connectivity index (χ1v) is 5.37. The number of carbonyl (C=O) groups is 1. The minimum Gasteiger partial charge on any atom is -0.476 e. The van der Waals surface area contributed by atoms with Crippen molar-refractivity contribution in [1.82, 2.24) is 19.6 Å². The molecule has 0 spiro atoms. The summed E-state index contributed by atoms with van der Waals surface area (Å²) in [4.78, 5) is 22.2. The Morgan fingerprint density at radius 2 is 2.22 bits per heavy atom. The van der Waals surface area contributed by atoms with Gasteiger partial charge in [0.15, 0.2) is 5.69 Å². The van der Waals surface area contributed by atoms with Gasteiger partial charge in [-0.25, -0.2) is 9.48 Å². The van der Waals surface area contributed by atoms with Crippen LogP contribution in [0.1, 0.15) is 16.1 Å². The molecule has 18 heavy (non-hydrogen) atoms. The van der Waals surface area contributed by atoms with Gasteiger partial charge in [0.25, 0.3) is 5.56 Å². The van der Waals surface area contributed by atoms with Gasteiger partial charge in [-0.15, -0.1) is 5.10 Å². The highest BCUT2D eigenvalue weighted by Gasteiger charge is 2.07. The number of carboxylic acid groups (broad SMARTS) is 1. The molecule has 0 fully saturated rings. The topological polar surface area (TPSA) is 90.0 Å². The zero-order valence-corrected chi connectivity index (χ0v) is 9.78. The summed E-state index contributed by atoms with van der Waals surface area (Å²) < 4.78 is 2.94. The van der Waals surface area contributed by atoms with Crippen LogP contribution in [0.4, 0.5) is 0 Å². The Bertz CT molecular complexity index is 629. The van der Waals surface area contributed by atoms with Gasteiger partial charge < -0.3 is 9.67 Å². The third kappa shape index (κ3) is 2.62. The van der Waals surface area contributed by atoms with Gasteiger partial charge in [0.2, 0.25) is 0 Å². The molecule has 7 nitrogen and oxygen atoms in total. The molecule has 2 rings (SSSR count). The summed E-state index contributed by atoms with van der Waals surface area (Å²) in [6.07, 6.45) is 3.04. The van der Waals surface area contributed by atoms with Crippen molar-refractivity contribution in [3.05, 3.63) is 46.1 Å². The summed E-state index contributed by atoms with van der Waals surface area (Å²) in [5, 5.41) is 15.8. The van der Waals surface area contributed by atoms with Crippen LogP contribution in [0.5, 0.6) is 0 Å². The van der Waals surface area contributed by atoms with Crippen molar-refractivity contribution in [2.45, 2.75) is 20.0 Å². The highest BCUT2D eigenvalue weighted by molar-refractivity contribution is 5.84. The second kappa shape index (κ2) is 4.82. The molecule has 2 aromatic heterocycles. The third-order valence-corrected chi connectivity index (χ3v) is 2.48. The quantitative estimate of drug-likeness (QED) is 0.831. The van der Waals surface area contributed by atoms with Crippen LogP contribution >= 0.6 is 0 Å². The number of nitrogens with zero attached hydrogens (tertiary/aromatic N) is 4. The molecule has 0 saturated heterocycles. The Morgan fingerprint density at radius 3 is 2.83 bits per heavy atom. The first-order chi connectivity index (χ1) is 8.56. The van der Waals surface area contributed by atoms with Gasteiger partial charge in [-0.1, -0.05) is 5.21 Å². The molecule has 0 atom stereocenters. The lowest BCUT2D eigenvalue weighted by atomic mass is 10.3. The summed E-state index contributed by atoms with van der Waals surface area (Å²) in [5.74, 6) is -1.12. The van der Waals surface area contributed by atoms with E-state index in [1.165, 1.54) is 15.4 Å². The lowest BCUT2D eigenvalue weighted by molar-refractivity contribution is 0.0690. The molecule has 7 heteroatoms. The Labute approximate surface area is 102 Å². The summed E-state index contributed by atoms with van der Waals surface area (Å²) >= 11 is 0. The van der Waals surface area contributed by atoms with Gasteiger partial charge in [-0.05, 0) is 18.6 Å². The number of pyridine rings is 1. The maximum Gasteiger partial charge on any atom is 0.358 e. The first kappa shape index (κ1) is 12.0. The van der Waals surface area contributed by atoms with E-state index in [9.17, 15) is 9.59 Å². The molecule has 0 bridgehead atoms. The van der Waals surface area contributed by atoms with Crippen molar-refractivity contribution in [2.75, 3.05) is 0 Å². The molecule has 0 amide bonds. The molecule has 0 radical (unpaired) electrons. The molecule has 0 aliphatic heterocycles. The van der Waals surface area contributed by atoms with Crippen molar-refractivity contribution >= 4 is 5.97 Å². The zero-order valence-electron chi connectivity index (χ0n) is 9.78. The van der Waals surface area contributed by atoms with E-state index in [1.54, 1.807) is 12.3 Å². The smallest absolute Gasteiger partial charge is 0.358 e. The van der Waals surface area contributed by atoms with Gasteiger partial charge in [-0.2, -0.15) is 0 Å². The molecular weight excluding hydrogens is 236 g/mol. The predicted octanol–water partition coefficient (Wildman–Crippen LogP) is 0.147. The number of aryl methyl sites for hydroxylation is 3. The minimum absolute atomic E-state index is 0.0893. The monoisotopic (exact) mass is 248 g/mol. The molecule has 2 aromatic rings. The van der Waals surface area contributed by atoms with E-state index in [0.717, 1.165) is 5.56 Å². The van der Waals surface area contributed by atoms with Crippen LogP contribution in [0.3, 0.4) is 0 Å². The Hall–Kier alpha value is -2.44. The summed E-state index contributed by atoms with van der Waals surface area (Å²) in [5.41, 5.74) is 0.713. The Balaban J connectivity index is 2.06. The van der Waals surface area contributed by atoms with Crippen molar-refractivity contribution < 1.29 is 9.90 Å². The number of hydrogen-bond acceptors (Lipinski definition) is 4. The average Bonchev–Trinajstić information content (AvgIpc) is 2.76. The first-order valence-electron chi connectivity index (χ1n) is 5.37. The SMILES string of the molecule is Cc1ccn(CCn2cc(C(=O)O)nn2)c(=O)c1. The predicted molar refractivity (Wildman–Crippen MR) is 62.4 cm³/mol. The lowest BCUT2D eigenvalue weighted by Gasteiger charge is -2.05. The van der Waals surface area contributed by atoms with Crippen LogP contribution in [0.15, 0.2) is 29.3 Å². The highest BCUT2D eigenvalue weighted by Crippen LogP contribution is 1.95. The molecule has 0 aliphatic rings. The van der Waals surface area contributed by atoms with E-state index in [-0.39, 0.29) is 11.3 Å². The summed E-state index contributed by atoms with van der Waals surface area (Å²) in [6.45, 7) is 2.66. The van der Waals surface area contributed by atoms with Crippen LogP contribution in [-0.2, 0) is 13.1 Å². The van der Waals surface area contributed by atoms with Crippen LogP contribution in [-0.4, -0.2) is 30.6 Å². The van der Waals surface area contributed by atoms with Gasteiger partial charge in [-0.3, -0.25) is 4.79 Å². The Kier molecular flexibility index (Phi) is 3.22. The van der Waals surface area contributed by atoms with Crippen LogP contribution in [0.25, 0.3) is 0 Å². The molecule has 0 aromatic carbocycles. The fraction of sp³-hybridized carbons (Fsp3) is 0.273. The maximum atomic E-state index is 11.6. The highest BCUT2D eigenvalue weighted by atomic mass is 16.4. The molecule has 0 aliphatic carbocycles. The number of carboxylic acids is 1. The second-order valence-corrected chi connectivity index (χ2v) is 3.91. The standard InChI is InChI=1S/C11H12N4O3/c1-8-2-3-14(10(16)6-8)4-5-15-7-9(11(17)18)12-13-15/h2-3,6-7H,4-5H2,1H3,(H,17,18). The average molecular weight is 248 g/mol. The van der Waals surface area contributed by atoms with E-state index < -0.39 is 5.97 Å². The third-order valence-electron chi connectivity index (χ3n) is 2.48. The van der Waals surface area contributed by atoms with Crippen LogP contribution in [0.2, 0.25) is 0 Å². The van der Waals surface area contributed by atoms with Crippen molar-refractivity contribution in [3.63, 3.8) is 0 Å². The molecule has 1 N–H and O–H groups in total. The lowest BCUT2D eigenvalue weighted by Crippen LogP contribution is -2.21. The van der Waals surface area contributed by atoms with E-state index in [2.05, 4.69) is 10.3 Å². The zero-order chi connectivity index (χ0) is 13.1. The molecule has 0 unspecified atom stereocenters. The molecule has 94 valence electrons.